The number of rotatable bonds is 5. The standard InChI is InChI=1S/C25H17ClF6N2O2/c1-34-19(12-21(33-34)25(30,31)32)18-9-10-20(36-13-14-5-7-17(26)8-6-14)22(23(18)35)15-3-2-4-16(11-15)24(27,28)29/h2-12,35H,13H2,1H3. The summed E-state index contributed by atoms with van der Waals surface area (Å²) >= 11 is 5.88. The molecule has 4 rings (SSSR count). The lowest BCUT2D eigenvalue weighted by Crippen LogP contribution is -2.06. The van der Waals surface area contributed by atoms with Crippen LogP contribution in [0.3, 0.4) is 0 Å². The molecule has 0 fully saturated rings. The fraction of sp³-hybridized carbons (Fsp3) is 0.160. The highest BCUT2D eigenvalue weighted by atomic mass is 35.5. The summed E-state index contributed by atoms with van der Waals surface area (Å²) in [5.74, 6) is -0.525. The highest BCUT2D eigenvalue weighted by Gasteiger charge is 2.35. The Hall–Kier alpha value is -3.66. The largest absolute Gasteiger partial charge is 0.506 e. The first-order valence-electron chi connectivity index (χ1n) is 10.4. The number of phenolic OH excluding ortho intramolecular Hbond substituents is 1. The fourth-order valence-corrected chi connectivity index (χ4v) is 3.76. The summed E-state index contributed by atoms with van der Waals surface area (Å²) in [6.45, 7) is -0.00809. The maximum Gasteiger partial charge on any atom is 0.435 e. The summed E-state index contributed by atoms with van der Waals surface area (Å²) in [6.07, 6.45) is -9.38. The van der Waals surface area contributed by atoms with Crippen LogP contribution < -0.4 is 4.74 Å². The Balaban J connectivity index is 1.85. The van der Waals surface area contributed by atoms with Crippen LogP contribution in [0.2, 0.25) is 5.02 Å². The minimum absolute atomic E-state index is 0.00809. The molecule has 4 aromatic rings. The van der Waals surface area contributed by atoms with E-state index in [-0.39, 0.29) is 34.7 Å². The van der Waals surface area contributed by atoms with E-state index in [1.165, 1.54) is 31.3 Å². The van der Waals surface area contributed by atoms with Gasteiger partial charge in [0.15, 0.2) is 5.69 Å². The van der Waals surface area contributed by atoms with Gasteiger partial charge in [0.25, 0.3) is 0 Å². The van der Waals surface area contributed by atoms with E-state index < -0.39 is 29.4 Å². The van der Waals surface area contributed by atoms with Crippen LogP contribution in [0.25, 0.3) is 22.4 Å². The number of benzene rings is 3. The van der Waals surface area contributed by atoms with Gasteiger partial charge in [0.05, 0.1) is 16.8 Å². The third-order valence-electron chi connectivity index (χ3n) is 5.37. The zero-order chi connectivity index (χ0) is 26.3. The minimum atomic E-state index is -4.73. The number of alkyl halides is 6. The monoisotopic (exact) mass is 526 g/mol. The van der Waals surface area contributed by atoms with Crippen LogP contribution in [0.5, 0.6) is 11.5 Å². The van der Waals surface area contributed by atoms with Gasteiger partial charge in [-0.15, -0.1) is 0 Å². The Morgan fingerprint density at radius 1 is 0.917 bits per heavy atom. The molecule has 0 amide bonds. The number of phenols is 1. The Morgan fingerprint density at radius 3 is 2.22 bits per heavy atom. The van der Waals surface area contributed by atoms with Gasteiger partial charge in [-0.1, -0.05) is 35.9 Å². The van der Waals surface area contributed by atoms with Crippen LogP contribution in [0.15, 0.2) is 66.7 Å². The van der Waals surface area contributed by atoms with Crippen LogP contribution in [-0.2, 0) is 26.0 Å². The first-order valence-corrected chi connectivity index (χ1v) is 10.7. The van der Waals surface area contributed by atoms with Crippen LogP contribution in [0.4, 0.5) is 26.3 Å². The normalized spacial score (nSPS) is 12.1. The van der Waals surface area contributed by atoms with Crippen molar-refractivity contribution in [3.8, 4) is 33.9 Å². The molecular weight excluding hydrogens is 510 g/mol. The summed E-state index contributed by atoms with van der Waals surface area (Å²) in [6, 6.07) is 14.3. The molecule has 1 N–H and O–H groups in total. The molecule has 0 unspecified atom stereocenters. The number of halogens is 7. The molecule has 0 spiro atoms. The van der Waals surface area contributed by atoms with Crippen molar-refractivity contribution >= 4 is 11.6 Å². The zero-order valence-electron chi connectivity index (χ0n) is 18.5. The SMILES string of the molecule is Cn1nc(C(F)(F)F)cc1-c1ccc(OCc2ccc(Cl)cc2)c(-c2cccc(C(F)(F)F)c2)c1O. The van der Waals surface area contributed by atoms with Crippen molar-refractivity contribution in [2.45, 2.75) is 19.0 Å². The van der Waals surface area contributed by atoms with Crippen molar-refractivity contribution in [1.29, 1.82) is 0 Å². The molecule has 0 saturated carbocycles. The first kappa shape index (κ1) is 25.4. The molecule has 0 radical (unpaired) electrons. The molecule has 36 heavy (non-hydrogen) atoms. The maximum absolute atomic E-state index is 13.4. The average Bonchev–Trinajstić information content (AvgIpc) is 3.20. The number of aromatic nitrogens is 2. The lowest BCUT2D eigenvalue weighted by molar-refractivity contribution is -0.141. The number of aromatic hydroxyl groups is 1. The molecule has 0 saturated heterocycles. The van der Waals surface area contributed by atoms with Gasteiger partial charge in [0.1, 0.15) is 18.1 Å². The average molecular weight is 527 g/mol. The highest BCUT2D eigenvalue weighted by Crippen LogP contribution is 2.46. The molecule has 0 aliphatic heterocycles. The summed E-state index contributed by atoms with van der Waals surface area (Å²) in [4.78, 5) is 0. The fourth-order valence-electron chi connectivity index (χ4n) is 3.63. The van der Waals surface area contributed by atoms with Crippen LogP contribution >= 0.6 is 11.6 Å². The van der Waals surface area contributed by atoms with Gasteiger partial charge in [-0.2, -0.15) is 31.4 Å². The van der Waals surface area contributed by atoms with E-state index in [2.05, 4.69) is 5.10 Å². The van der Waals surface area contributed by atoms with Gasteiger partial charge in [-0.3, -0.25) is 4.68 Å². The molecule has 3 aromatic carbocycles. The molecule has 0 aliphatic carbocycles. The van der Waals surface area contributed by atoms with Crippen molar-refractivity contribution < 1.29 is 36.2 Å². The summed E-state index contributed by atoms with van der Waals surface area (Å²) < 4.78 is 86.4. The quantitative estimate of drug-likeness (QED) is 0.271. The second-order valence-electron chi connectivity index (χ2n) is 7.86. The zero-order valence-corrected chi connectivity index (χ0v) is 19.2. The van der Waals surface area contributed by atoms with E-state index in [9.17, 15) is 31.4 Å². The van der Waals surface area contributed by atoms with Gasteiger partial charge in [-0.05, 0) is 53.6 Å². The molecule has 188 valence electrons. The van der Waals surface area contributed by atoms with Crippen LogP contribution in [-0.4, -0.2) is 14.9 Å². The van der Waals surface area contributed by atoms with Gasteiger partial charge < -0.3 is 9.84 Å². The van der Waals surface area contributed by atoms with E-state index in [4.69, 9.17) is 16.3 Å². The number of hydrogen-bond donors (Lipinski definition) is 1. The van der Waals surface area contributed by atoms with E-state index in [0.29, 0.717) is 10.6 Å². The molecule has 0 bridgehead atoms. The van der Waals surface area contributed by atoms with E-state index >= 15 is 0 Å². The van der Waals surface area contributed by atoms with Crippen molar-refractivity contribution in [2.24, 2.45) is 7.05 Å². The van der Waals surface area contributed by atoms with Gasteiger partial charge in [-0.25, -0.2) is 0 Å². The van der Waals surface area contributed by atoms with E-state index in [1.807, 2.05) is 0 Å². The number of aryl methyl sites for hydroxylation is 1. The summed E-state index contributed by atoms with van der Waals surface area (Å²) in [5.41, 5.74) is -1.74. The lowest BCUT2D eigenvalue weighted by atomic mass is 9.97. The topological polar surface area (TPSA) is 47.3 Å². The van der Waals surface area contributed by atoms with Crippen LogP contribution in [0.1, 0.15) is 16.8 Å². The highest BCUT2D eigenvalue weighted by molar-refractivity contribution is 6.30. The lowest BCUT2D eigenvalue weighted by Gasteiger charge is -2.17. The van der Waals surface area contributed by atoms with Crippen LogP contribution in [0, 0.1) is 0 Å². The second kappa shape index (κ2) is 9.42. The van der Waals surface area contributed by atoms with Crippen molar-refractivity contribution in [1.82, 2.24) is 9.78 Å². The molecule has 4 nitrogen and oxygen atoms in total. The predicted molar refractivity (Wildman–Crippen MR) is 122 cm³/mol. The van der Waals surface area contributed by atoms with E-state index in [0.717, 1.165) is 22.9 Å². The smallest absolute Gasteiger partial charge is 0.435 e. The van der Waals surface area contributed by atoms with Gasteiger partial charge in [0.2, 0.25) is 0 Å². The van der Waals surface area contributed by atoms with Crippen molar-refractivity contribution in [3.63, 3.8) is 0 Å². The number of hydrogen-bond acceptors (Lipinski definition) is 3. The summed E-state index contributed by atoms with van der Waals surface area (Å²) in [7, 11) is 1.26. The Labute approximate surface area is 206 Å². The Bertz CT molecular complexity index is 1400. The first-order chi connectivity index (χ1) is 16.8. The third-order valence-corrected chi connectivity index (χ3v) is 5.62. The van der Waals surface area contributed by atoms with Crippen molar-refractivity contribution in [3.05, 3.63) is 88.6 Å². The number of ether oxygens (including phenoxy) is 1. The van der Waals surface area contributed by atoms with E-state index in [1.54, 1.807) is 24.3 Å². The summed E-state index contributed by atoms with van der Waals surface area (Å²) in [5, 5.41) is 15.1. The molecule has 0 atom stereocenters. The predicted octanol–water partition coefficient (Wildman–Crippen LogP) is 7.73. The molecule has 0 aliphatic rings. The Morgan fingerprint density at radius 2 is 1.61 bits per heavy atom. The van der Waals surface area contributed by atoms with Crippen molar-refractivity contribution in [2.75, 3.05) is 0 Å². The number of nitrogens with zero attached hydrogens (tertiary/aromatic N) is 2. The Kier molecular flexibility index (Phi) is 6.66. The molecular formula is C25H17ClF6N2O2. The van der Waals surface area contributed by atoms with Gasteiger partial charge >= 0.3 is 12.4 Å². The third kappa shape index (κ3) is 5.28. The maximum atomic E-state index is 13.4. The van der Waals surface area contributed by atoms with Gasteiger partial charge in [0, 0.05) is 17.6 Å². The minimum Gasteiger partial charge on any atom is -0.506 e. The molecule has 1 aromatic heterocycles. The molecule has 11 heteroatoms. The second-order valence-corrected chi connectivity index (χ2v) is 8.30. The molecule has 1 heterocycles.